The van der Waals surface area contributed by atoms with Crippen molar-refractivity contribution in [3.8, 4) is 5.75 Å². The fraction of sp³-hybridized carbons (Fsp3) is 0.350. The van der Waals surface area contributed by atoms with Crippen molar-refractivity contribution in [2.75, 3.05) is 17.7 Å². The Kier molecular flexibility index (Phi) is 6.24. The molecule has 4 heteroatoms. The molecule has 128 valence electrons. The van der Waals surface area contributed by atoms with Crippen molar-refractivity contribution >= 4 is 17.3 Å². The number of hydrogen-bond acceptors (Lipinski definition) is 3. The molecule has 2 rings (SSSR count). The maximum atomic E-state index is 12.2. The van der Waals surface area contributed by atoms with Gasteiger partial charge in [-0.3, -0.25) is 4.79 Å². The van der Waals surface area contributed by atoms with E-state index in [4.69, 9.17) is 10.5 Å². The Balaban J connectivity index is 1.95. The summed E-state index contributed by atoms with van der Waals surface area (Å²) < 4.78 is 5.84. The van der Waals surface area contributed by atoms with E-state index in [1.807, 2.05) is 37.3 Å². The van der Waals surface area contributed by atoms with Crippen molar-refractivity contribution < 1.29 is 9.53 Å². The van der Waals surface area contributed by atoms with Gasteiger partial charge in [-0.15, -0.1) is 0 Å². The Morgan fingerprint density at radius 2 is 1.92 bits per heavy atom. The van der Waals surface area contributed by atoms with Crippen LogP contribution in [0.15, 0.2) is 42.5 Å². The van der Waals surface area contributed by atoms with Gasteiger partial charge in [0.2, 0.25) is 5.91 Å². The predicted octanol–water partition coefficient (Wildman–Crippen LogP) is 4.18. The number of ether oxygens (including phenoxy) is 1. The number of benzene rings is 2. The average Bonchev–Trinajstić information content (AvgIpc) is 2.55. The number of nitrogens with two attached hydrogens (primary N) is 1. The van der Waals surface area contributed by atoms with Crippen LogP contribution in [0.5, 0.6) is 5.75 Å². The number of anilines is 2. The van der Waals surface area contributed by atoms with E-state index in [1.54, 1.807) is 12.1 Å². The molecular weight excluding hydrogens is 300 g/mol. The van der Waals surface area contributed by atoms with E-state index in [-0.39, 0.29) is 5.91 Å². The van der Waals surface area contributed by atoms with Crippen LogP contribution in [0.3, 0.4) is 0 Å². The van der Waals surface area contributed by atoms with Gasteiger partial charge in [0, 0.05) is 6.42 Å². The van der Waals surface area contributed by atoms with Gasteiger partial charge in [-0.05, 0) is 48.6 Å². The minimum atomic E-state index is -0.0409. The Hall–Kier alpha value is -2.49. The molecule has 0 bridgehead atoms. The van der Waals surface area contributed by atoms with E-state index in [1.165, 1.54) is 0 Å². The lowest BCUT2D eigenvalue weighted by Gasteiger charge is -2.14. The van der Waals surface area contributed by atoms with Gasteiger partial charge in [-0.2, -0.15) is 0 Å². The van der Waals surface area contributed by atoms with Gasteiger partial charge < -0.3 is 15.8 Å². The molecular formula is C20H26N2O2. The molecule has 0 atom stereocenters. The number of para-hydroxylation sites is 2. The van der Waals surface area contributed by atoms with Crippen LogP contribution >= 0.6 is 0 Å². The van der Waals surface area contributed by atoms with Crippen LogP contribution in [0.25, 0.3) is 0 Å². The highest BCUT2D eigenvalue weighted by Gasteiger charge is 2.09. The van der Waals surface area contributed by atoms with Gasteiger partial charge in [0.25, 0.3) is 0 Å². The molecule has 2 aromatic rings. The van der Waals surface area contributed by atoms with Crippen molar-refractivity contribution in [2.24, 2.45) is 5.92 Å². The molecule has 0 aliphatic carbocycles. The molecule has 0 heterocycles. The fourth-order valence-corrected chi connectivity index (χ4v) is 2.42. The first-order valence-corrected chi connectivity index (χ1v) is 8.33. The summed E-state index contributed by atoms with van der Waals surface area (Å²) in [5.41, 5.74) is 9.32. The molecule has 0 aliphatic rings. The molecule has 0 aliphatic heterocycles. The first-order chi connectivity index (χ1) is 11.5. The van der Waals surface area contributed by atoms with Crippen LogP contribution in [0, 0.1) is 12.8 Å². The molecule has 0 saturated carbocycles. The molecule has 0 spiro atoms. The summed E-state index contributed by atoms with van der Waals surface area (Å²) in [4.78, 5) is 12.2. The molecule has 4 nitrogen and oxygen atoms in total. The molecule has 3 N–H and O–H groups in total. The van der Waals surface area contributed by atoms with E-state index in [2.05, 4.69) is 19.2 Å². The van der Waals surface area contributed by atoms with Crippen molar-refractivity contribution in [3.05, 3.63) is 53.6 Å². The van der Waals surface area contributed by atoms with Gasteiger partial charge in [0.1, 0.15) is 5.75 Å². The maximum absolute atomic E-state index is 12.2. The van der Waals surface area contributed by atoms with Gasteiger partial charge in [0.15, 0.2) is 0 Å². The summed E-state index contributed by atoms with van der Waals surface area (Å²) >= 11 is 0. The number of nitrogen functional groups attached to an aromatic ring is 1. The van der Waals surface area contributed by atoms with Crippen LogP contribution in [-0.2, 0) is 11.2 Å². The van der Waals surface area contributed by atoms with E-state index < -0.39 is 0 Å². The van der Waals surface area contributed by atoms with E-state index in [9.17, 15) is 4.79 Å². The quantitative estimate of drug-likeness (QED) is 0.750. The third kappa shape index (κ3) is 5.01. The normalized spacial score (nSPS) is 10.7. The van der Waals surface area contributed by atoms with Crippen molar-refractivity contribution in [3.63, 3.8) is 0 Å². The molecule has 1 amide bonds. The topological polar surface area (TPSA) is 64.4 Å². The zero-order chi connectivity index (χ0) is 17.5. The summed E-state index contributed by atoms with van der Waals surface area (Å²) in [6.07, 6.45) is 1.08. The lowest BCUT2D eigenvalue weighted by molar-refractivity contribution is -0.116. The highest BCUT2D eigenvalue weighted by atomic mass is 16.5. The summed E-state index contributed by atoms with van der Waals surface area (Å²) in [5.74, 6) is 1.34. The number of nitrogens with one attached hydrogen (secondary N) is 1. The Bertz CT molecular complexity index is 696. The minimum Gasteiger partial charge on any atom is -0.493 e. The zero-order valence-corrected chi connectivity index (χ0v) is 14.6. The Morgan fingerprint density at radius 1 is 1.17 bits per heavy atom. The second-order valence-electron chi connectivity index (χ2n) is 6.38. The first kappa shape index (κ1) is 17.9. The van der Waals surface area contributed by atoms with Gasteiger partial charge in [0.05, 0.1) is 18.0 Å². The van der Waals surface area contributed by atoms with Crippen LogP contribution in [-0.4, -0.2) is 12.5 Å². The largest absolute Gasteiger partial charge is 0.493 e. The Morgan fingerprint density at radius 3 is 2.62 bits per heavy atom. The molecule has 0 aromatic heterocycles. The highest BCUT2D eigenvalue weighted by Crippen LogP contribution is 2.23. The van der Waals surface area contributed by atoms with Gasteiger partial charge in [-0.1, -0.05) is 38.1 Å². The molecule has 0 saturated heterocycles. The number of amides is 1. The van der Waals surface area contributed by atoms with Crippen LogP contribution in [0.2, 0.25) is 0 Å². The van der Waals surface area contributed by atoms with E-state index in [0.717, 1.165) is 16.9 Å². The van der Waals surface area contributed by atoms with Crippen molar-refractivity contribution in [1.82, 2.24) is 0 Å². The highest BCUT2D eigenvalue weighted by molar-refractivity contribution is 5.93. The lowest BCUT2D eigenvalue weighted by atomic mass is 10.0. The van der Waals surface area contributed by atoms with E-state index in [0.29, 0.717) is 36.7 Å². The second kappa shape index (κ2) is 8.39. The molecule has 0 fully saturated rings. The maximum Gasteiger partial charge on any atom is 0.224 e. The fourth-order valence-electron chi connectivity index (χ4n) is 2.42. The third-order valence-corrected chi connectivity index (χ3v) is 3.82. The average molecular weight is 326 g/mol. The van der Waals surface area contributed by atoms with Crippen molar-refractivity contribution in [1.29, 1.82) is 0 Å². The molecule has 24 heavy (non-hydrogen) atoms. The van der Waals surface area contributed by atoms with Crippen LogP contribution in [0.4, 0.5) is 11.4 Å². The SMILES string of the molecule is Cc1c(CCC(=O)Nc2ccccc2N)cccc1OCC(C)C. The van der Waals surface area contributed by atoms with Crippen LogP contribution < -0.4 is 15.8 Å². The zero-order valence-electron chi connectivity index (χ0n) is 14.6. The standard InChI is InChI=1S/C20H26N2O2/c1-14(2)13-24-19-10-6-7-16(15(19)3)11-12-20(23)22-18-9-5-4-8-17(18)21/h4-10,14H,11-13,21H2,1-3H3,(H,22,23). The summed E-state index contributed by atoms with van der Waals surface area (Å²) in [5, 5.41) is 2.86. The van der Waals surface area contributed by atoms with Gasteiger partial charge in [-0.25, -0.2) is 0 Å². The Labute approximate surface area is 144 Å². The monoisotopic (exact) mass is 326 g/mol. The molecule has 0 unspecified atom stereocenters. The number of carbonyl (C=O) groups excluding carboxylic acids is 1. The first-order valence-electron chi connectivity index (χ1n) is 8.33. The smallest absolute Gasteiger partial charge is 0.224 e. The lowest BCUT2D eigenvalue weighted by Crippen LogP contribution is -2.14. The number of carbonyl (C=O) groups is 1. The van der Waals surface area contributed by atoms with Crippen molar-refractivity contribution in [2.45, 2.75) is 33.6 Å². The van der Waals surface area contributed by atoms with Crippen LogP contribution in [0.1, 0.15) is 31.4 Å². The number of aryl methyl sites for hydroxylation is 1. The second-order valence-corrected chi connectivity index (χ2v) is 6.38. The third-order valence-electron chi connectivity index (χ3n) is 3.82. The molecule has 0 radical (unpaired) electrons. The molecule has 2 aromatic carbocycles. The van der Waals surface area contributed by atoms with E-state index >= 15 is 0 Å². The predicted molar refractivity (Wildman–Crippen MR) is 99.3 cm³/mol. The number of hydrogen-bond donors (Lipinski definition) is 2. The minimum absolute atomic E-state index is 0.0409. The number of rotatable bonds is 7. The van der Waals surface area contributed by atoms with Gasteiger partial charge >= 0.3 is 0 Å². The summed E-state index contributed by atoms with van der Waals surface area (Å²) in [6.45, 7) is 6.98. The summed E-state index contributed by atoms with van der Waals surface area (Å²) in [7, 11) is 0. The summed E-state index contributed by atoms with van der Waals surface area (Å²) in [6, 6.07) is 13.3.